The van der Waals surface area contributed by atoms with Crippen molar-refractivity contribution in [2.45, 2.75) is 42.9 Å². The third-order valence-electron chi connectivity index (χ3n) is 6.76. The molecular weight excluding hydrogens is 464 g/mol. The van der Waals surface area contributed by atoms with E-state index in [0.717, 1.165) is 36.9 Å². The predicted octanol–water partition coefficient (Wildman–Crippen LogP) is 4.84. The summed E-state index contributed by atoms with van der Waals surface area (Å²) in [4.78, 5) is 27.9. The Morgan fingerprint density at radius 1 is 1.00 bits per heavy atom. The number of hydrogen-bond acceptors (Lipinski definition) is 6. The Kier molecular flexibility index (Phi) is 6.10. The monoisotopic (exact) mass is 490 g/mol. The second-order valence-electron chi connectivity index (χ2n) is 9.26. The zero-order chi connectivity index (χ0) is 24.6. The fraction of sp³-hybridized carbons (Fsp3) is 0.308. The molecule has 35 heavy (non-hydrogen) atoms. The molecule has 0 spiro atoms. The number of hydrogen-bond donors (Lipinski definition) is 2. The molecule has 0 saturated heterocycles. The Morgan fingerprint density at radius 2 is 1.69 bits per heavy atom. The van der Waals surface area contributed by atoms with Crippen molar-refractivity contribution in [3.63, 3.8) is 0 Å². The molecule has 2 aromatic carbocycles. The average molecular weight is 491 g/mol. The third kappa shape index (κ3) is 5.09. The van der Waals surface area contributed by atoms with Crippen LogP contribution in [0.3, 0.4) is 0 Å². The number of carboxylic acids is 1. The van der Waals surface area contributed by atoms with Crippen LogP contribution in [0.25, 0.3) is 33.8 Å². The highest BCUT2D eigenvalue weighted by atomic mass is 32.2. The lowest BCUT2D eigenvalue weighted by Crippen LogP contribution is -2.16. The first kappa shape index (κ1) is 23.2. The van der Waals surface area contributed by atoms with Crippen molar-refractivity contribution in [3.05, 3.63) is 60.4 Å². The number of H-pyrrole nitrogens is 1. The zero-order valence-electron chi connectivity index (χ0n) is 19.3. The molecule has 2 aromatic heterocycles. The number of imidazole rings is 1. The van der Waals surface area contributed by atoms with Gasteiger partial charge in [0.25, 0.3) is 0 Å². The van der Waals surface area contributed by atoms with Crippen LogP contribution in [0.2, 0.25) is 0 Å². The molecule has 1 saturated carbocycles. The number of aliphatic carboxylic acids is 1. The summed E-state index contributed by atoms with van der Waals surface area (Å²) in [5, 5.41) is 9.00. The Hall–Kier alpha value is -3.59. The van der Waals surface area contributed by atoms with Crippen molar-refractivity contribution < 1.29 is 18.3 Å². The van der Waals surface area contributed by atoms with Crippen LogP contribution < -0.4 is 0 Å². The summed E-state index contributed by atoms with van der Waals surface area (Å²) >= 11 is 0. The smallest absolute Gasteiger partial charge is 0.303 e. The van der Waals surface area contributed by atoms with E-state index in [4.69, 9.17) is 5.11 Å². The van der Waals surface area contributed by atoms with Gasteiger partial charge in [0.1, 0.15) is 5.69 Å². The first-order valence-electron chi connectivity index (χ1n) is 11.6. The van der Waals surface area contributed by atoms with E-state index < -0.39 is 15.8 Å². The van der Waals surface area contributed by atoms with Crippen molar-refractivity contribution in [2.24, 2.45) is 5.92 Å². The maximum atomic E-state index is 11.8. The Balaban J connectivity index is 1.29. The number of aromatic amines is 1. The minimum absolute atomic E-state index is 0.235. The molecule has 4 aromatic rings. The van der Waals surface area contributed by atoms with Gasteiger partial charge >= 0.3 is 5.97 Å². The van der Waals surface area contributed by atoms with Gasteiger partial charge in [-0.05, 0) is 61.3 Å². The van der Waals surface area contributed by atoms with Crippen LogP contribution in [-0.4, -0.2) is 45.7 Å². The summed E-state index contributed by atoms with van der Waals surface area (Å²) in [5.41, 5.74) is 4.85. The SMILES string of the molecule is CS(=O)(=O)c1ccc2nc(-c3cnc(-c4ccc(C5CCC(CC(=O)O)CC5)cc4)cn3)[nH]c2c1. The molecule has 0 aliphatic heterocycles. The van der Waals surface area contributed by atoms with E-state index >= 15 is 0 Å². The van der Waals surface area contributed by atoms with Gasteiger partial charge < -0.3 is 10.1 Å². The van der Waals surface area contributed by atoms with Gasteiger partial charge in [-0.2, -0.15) is 0 Å². The van der Waals surface area contributed by atoms with Crippen LogP contribution in [0, 0.1) is 5.92 Å². The van der Waals surface area contributed by atoms with E-state index in [1.807, 2.05) is 0 Å². The van der Waals surface area contributed by atoms with Crippen LogP contribution >= 0.6 is 0 Å². The molecule has 0 bridgehead atoms. The lowest BCUT2D eigenvalue weighted by Gasteiger charge is -2.28. The van der Waals surface area contributed by atoms with Crippen LogP contribution in [0.4, 0.5) is 0 Å². The fourth-order valence-electron chi connectivity index (χ4n) is 4.81. The van der Waals surface area contributed by atoms with Crippen LogP contribution in [0.1, 0.15) is 43.6 Å². The number of rotatable bonds is 6. The van der Waals surface area contributed by atoms with E-state index in [1.54, 1.807) is 30.6 Å². The number of nitrogens with one attached hydrogen (secondary N) is 1. The second-order valence-corrected chi connectivity index (χ2v) is 11.3. The van der Waals surface area contributed by atoms with E-state index in [0.29, 0.717) is 34.4 Å². The normalized spacial score (nSPS) is 18.5. The first-order chi connectivity index (χ1) is 16.8. The number of fused-ring (bicyclic) bond motifs is 1. The molecule has 180 valence electrons. The number of nitrogens with zero attached hydrogens (tertiary/aromatic N) is 3. The van der Waals surface area contributed by atoms with Crippen molar-refractivity contribution in [2.75, 3.05) is 6.26 Å². The van der Waals surface area contributed by atoms with Crippen LogP contribution in [0.15, 0.2) is 59.8 Å². The standard InChI is InChI=1S/C26H26N4O4S/c1-35(33,34)20-10-11-21-22(13-20)30-26(29-21)24-15-27-23(14-28-24)19-8-6-18(7-9-19)17-4-2-16(3-5-17)12-25(31)32/h6-11,13-17H,2-5,12H2,1H3,(H,29,30)(H,31,32). The lowest BCUT2D eigenvalue weighted by molar-refractivity contribution is -0.138. The lowest BCUT2D eigenvalue weighted by atomic mass is 9.77. The van der Waals surface area contributed by atoms with Crippen molar-refractivity contribution >= 4 is 26.8 Å². The van der Waals surface area contributed by atoms with Gasteiger partial charge in [0, 0.05) is 18.2 Å². The fourth-order valence-corrected chi connectivity index (χ4v) is 5.46. The van der Waals surface area contributed by atoms with Gasteiger partial charge in [-0.3, -0.25) is 9.78 Å². The maximum absolute atomic E-state index is 11.8. The molecule has 9 heteroatoms. The van der Waals surface area contributed by atoms with E-state index in [2.05, 4.69) is 44.2 Å². The average Bonchev–Trinajstić information content (AvgIpc) is 3.28. The van der Waals surface area contributed by atoms with Gasteiger partial charge in [0.05, 0.1) is 34.0 Å². The summed E-state index contributed by atoms with van der Waals surface area (Å²) in [5.74, 6) is 0.592. The summed E-state index contributed by atoms with van der Waals surface area (Å²) < 4.78 is 23.6. The minimum Gasteiger partial charge on any atom is -0.481 e. The molecule has 2 N–H and O–H groups in total. The Labute approximate surface area is 203 Å². The van der Waals surface area contributed by atoms with Gasteiger partial charge in [-0.25, -0.2) is 18.4 Å². The predicted molar refractivity (Wildman–Crippen MR) is 133 cm³/mol. The molecule has 0 atom stereocenters. The summed E-state index contributed by atoms with van der Waals surface area (Å²) in [6.45, 7) is 0. The van der Waals surface area contributed by atoms with Gasteiger partial charge in [-0.15, -0.1) is 0 Å². The maximum Gasteiger partial charge on any atom is 0.303 e. The van der Waals surface area contributed by atoms with Crippen molar-refractivity contribution in [1.29, 1.82) is 0 Å². The highest BCUT2D eigenvalue weighted by Gasteiger charge is 2.24. The second kappa shape index (κ2) is 9.22. The number of sulfone groups is 1. The van der Waals surface area contributed by atoms with Crippen LogP contribution in [0.5, 0.6) is 0 Å². The van der Waals surface area contributed by atoms with E-state index in [-0.39, 0.29) is 11.3 Å². The third-order valence-corrected chi connectivity index (χ3v) is 7.87. The summed E-state index contributed by atoms with van der Waals surface area (Å²) in [7, 11) is -3.30. The molecule has 5 rings (SSSR count). The minimum atomic E-state index is -3.30. The topological polar surface area (TPSA) is 126 Å². The van der Waals surface area contributed by atoms with Gasteiger partial charge in [0.2, 0.25) is 0 Å². The van der Waals surface area contributed by atoms with Gasteiger partial charge in [-0.1, -0.05) is 24.3 Å². The molecule has 1 fully saturated rings. The van der Waals surface area contributed by atoms with Crippen molar-refractivity contribution in [1.82, 2.24) is 19.9 Å². The zero-order valence-corrected chi connectivity index (χ0v) is 20.1. The molecule has 2 heterocycles. The molecule has 0 unspecified atom stereocenters. The largest absolute Gasteiger partial charge is 0.481 e. The molecule has 1 aliphatic carbocycles. The molecule has 0 amide bonds. The molecular formula is C26H26N4O4S. The number of carboxylic acid groups (broad SMARTS) is 1. The molecule has 0 radical (unpaired) electrons. The number of aromatic nitrogens is 4. The van der Waals surface area contributed by atoms with E-state index in [1.165, 1.54) is 11.8 Å². The highest BCUT2D eigenvalue weighted by Crippen LogP contribution is 2.37. The van der Waals surface area contributed by atoms with E-state index in [9.17, 15) is 13.2 Å². The Bertz CT molecular complexity index is 1470. The summed E-state index contributed by atoms with van der Waals surface area (Å²) in [6.07, 6.45) is 8.78. The Morgan fingerprint density at radius 3 is 2.31 bits per heavy atom. The van der Waals surface area contributed by atoms with Gasteiger partial charge in [0.15, 0.2) is 15.7 Å². The summed E-state index contributed by atoms with van der Waals surface area (Å²) in [6, 6.07) is 13.2. The van der Waals surface area contributed by atoms with Crippen LogP contribution in [-0.2, 0) is 14.6 Å². The number of carbonyl (C=O) groups is 1. The number of benzene rings is 2. The van der Waals surface area contributed by atoms with Crippen molar-refractivity contribution in [3.8, 4) is 22.8 Å². The molecule has 1 aliphatic rings. The quantitative estimate of drug-likeness (QED) is 0.396. The first-order valence-corrected chi connectivity index (χ1v) is 13.5. The highest BCUT2D eigenvalue weighted by molar-refractivity contribution is 7.90. The molecule has 8 nitrogen and oxygen atoms in total.